The Balaban J connectivity index is 1.90. The highest BCUT2D eigenvalue weighted by atomic mass is 16.4. The number of benzene rings is 1. The van der Waals surface area contributed by atoms with E-state index in [1.165, 1.54) is 6.07 Å². The van der Waals surface area contributed by atoms with Gasteiger partial charge < -0.3 is 20.2 Å². The lowest BCUT2D eigenvalue weighted by atomic mass is 10.2. The molecule has 0 saturated carbocycles. The van der Waals surface area contributed by atoms with E-state index in [0.29, 0.717) is 17.2 Å². The molecular formula is C15H16N2O4. The maximum atomic E-state index is 11.7. The molecule has 6 nitrogen and oxygen atoms in total. The van der Waals surface area contributed by atoms with Crippen molar-refractivity contribution in [3.63, 3.8) is 0 Å². The molecule has 3 N–H and O–H groups in total. The normalized spacial score (nSPS) is 10.2. The molecule has 1 aromatic heterocycles. The molecule has 0 atom stereocenters. The van der Waals surface area contributed by atoms with Gasteiger partial charge in [0.15, 0.2) is 0 Å². The number of anilines is 1. The van der Waals surface area contributed by atoms with Crippen molar-refractivity contribution in [3.8, 4) is 0 Å². The lowest BCUT2D eigenvalue weighted by Crippen LogP contribution is -2.27. The minimum absolute atomic E-state index is 0.103. The number of furan rings is 1. The predicted octanol–water partition coefficient (Wildman–Crippen LogP) is 2.92. The third kappa shape index (κ3) is 3.85. The SMILES string of the molecule is Cc1ccc(NC(=O)NCc2cc(C(=O)O)c(C)o2)cc1. The maximum absolute atomic E-state index is 11.7. The second-order valence-corrected chi connectivity index (χ2v) is 4.66. The van der Waals surface area contributed by atoms with Crippen LogP contribution in [0.4, 0.5) is 10.5 Å². The van der Waals surface area contributed by atoms with Gasteiger partial charge in [0.05, 0.1) is 6.54 Å². The van der Waals surface area contributed by atoms with Gasteiger partial charge in [-0.25, -0.2) is 9.59 Å². The molecule has 6 heteroatoms. The van der Waals surface area contributed by atoms with Gasteiger partial charge >= 0.3 is 12.0 Å². The van der Waals surface area contributed by atoms with Crippen LogP contribution in [0.25, 0.3) is 0 Å². The van der Waals surface area contributed by atoms with Crippen LogP contribution in [0, 0.1) is 13.8 Å². The van der Waals surface area contributed by atoms with E-state index < -0.39 is 5.97 Å². The van der Waals surface area contributed by atoms with Crippen LogP contribution in [0.15, 0.2) is 34.7 Å². The third-order valence-electron chi connectivity index (χ3n) is 2.93. The summed E-state index contributed by atoms with van der Waals surface area (Å²) in [4.78, 5) is 22.6. The van der Waals surface area contributed by atoms with Crippen LogP contribution >= 0.6 is 0 Å². The van der Waals surface area contributed by atoms with Crippen molar-refractivity contribution >= 4 is 17.7 Å². The average molecular weight is 288 g/mol. The van der Waals surface area contributed by atoms with E-state index in [-0.39, 0.29) is 18.1 Å². The number of hydrogen-bond donors (Lipinski definition) is 3. The zero-order valence-electron chi connectivity index (χ0n) is 11.8. The first-order valence-corrected chi connectivity index (χ1v) is 6.40. The van der Waals surface area contributed by atoms with Gasteiger partial charge in [-0.3, -0.25) is 0 Å². The first kappa shape index (κ1) is 14.6. The van der Waals surface area contributed by atoms with Gasteiger partial charge in [-0.15, -0.1) is 0 Å². The third-order valence-corrected chi connectivity index (χ3v) is 2.93. The summed E-state index contributed by atoms with van der Waals surface area (Å²) in [6.07, 6.45) is 0. The number of urea groups is 1. The minimum Gasteiger partial charge on any atom is -0.478 e. The zero-order chi connectivity index (χ0) is 15.4. The Kier molecular flexibility index (Phi) is 4.27. The monoisotopic (exact) mass is 288 g/mol. The molecule has 21 heavy (non-hydrogen) atoms. The van der Waals surface area contributed by atoms with E-state index in [1.807, 2.05) is 19.1 Å². The Morgan fingerprint density at radius 3 is 2.43 bits per heavy atom. The summed E-state index contributed by atoms with van der Waals surface area (Å²) in [6, 6.07) is 8.41. The molecule has 0 saturated heterocycles. The number of carboxylic acid groups (broad SMARTS) is 1. The molecule has 0 aliphatic carbocycles. The Labute approximate surface area is 121 Å². The summed E-state index contributed by atoms with van der Waals surface area (Å²) >= 11 is 0. The molecule has 110 valence electrons. The van der Waals surface area contributed by atoms with Gasteiger partial charge in [-0.05, 0) is 32.0 Å². The molecule has 0 aliphatic rings. The van der Waals surface area contributed by atoms with Gasteiger partial charge in [0.1, 0.15) is 17.1 Å². The van der Waals surface area contributed by atoms with Gasteiger partial charge in [-0.2, -0.15) is 0 Å². The highest BCUT2D eigenvalue weighted by Gasteiger charge is 2.14. The molecule has 0 radical (unpaired) electrons. The lowest BCUT2D eigenvalue weighted by molar-refractivity contribution is 0.0695. The first-order chi connectivity index (χ1) is 9.95. The number of hydrogen-bond acceptors (Lipinski definition) is 3. The Bertz CT molecular complexity index is 659. The largest absolute Gasteiger partial charge is 0.478 e. The summed E-state index contributed by atoms with van der Waals surface area (Å²) in [5.41, 5.74) is 1.89. The summed E-state index contributed by atoms with van der Waals surface area (Å²) in [7, 11) is 0. The Morgan fingerprint density at radius 1 is 1.19 bits per heavy atom. The minimum atomic E-state index is -1.05. The van der Waals surface area contributed by atoms with Crippen LogP contribution in [0.3, 0.4) is 0 Å². The predicted molar refractivity (Wildman–Crippen MR) is 77.4 cm³/mol. The maximum Gasteiger partial charge on any atom is 0.339 e. The second-order valence-electron chi connectivity index (χ2n) is 4.66. The van der Waals surface area contributed by atoms with Crippen molar-refractivity contribution < 1.29 is 19.1 Å². The second kappa shape index (κ2) is 6.13. The molecule has 0 fully saturated rings. The topological polar surface area (TPSA) is 91.6 Å². The molecule has 2 aromatic rings. The van der Waals surface area contributed by atoms with Gasteiger partial charge in [0.25, 0.3) is 0 Å². The van der Waals surface area contributed by atoms with Crippen molar-refractivity contribution in [1.82, 2.24) is 5.32 Å². The number of carbonyl (C=O) groups is 2. The highest BCUT2D eigenvalue weighted by molar-refractivity contribution is 5.90. The van der Waals surface area contributed by atoms with Crippen LogP contribution in [0.2, 0.25) is 0 Å². The van der Waals surface area contributed by atoms with Gasteiger partial charge in [0.2, 0.25) is 0 Å². The molecule has 2 rings (SSSR count). The summed E-state index contributed by atoms with van der Waals surface area (Å²) in [5, 5.41) is 14.2. The number of nitrogens with one attached hydrogen (secondary N) is 2. The fraction of sp³-hybridized carbons (Fsp3) is 0.200. The average Bonchev–Trinajstić information content (AvgIpc) is 2.81. The molecule has 2 amide bonds. The van der Waals surface area contributed by atoms with Gasteiger partial charge in [0, 0.05) is 5.69 Å². The number of amides is 2. The fourth-order valence-corrected chi connectivity index (χ4v) is 1.82. The molecule has 1 heterocycles. The van der Waals surface area contributed by atoms with Crippen LogP contribution < -0.4 is 10.6 Å². The van der Waals surface area contributed by atoms with Crippen molar-refractivity contribution in [1.29, 1.82) is 0 Å². The van der Waals surface area contributed by atoms with Crippen molar-refractivity contribution in [3.05, 3.63) is 53.0 Å². The molecule has 1 aromatic carbocycles. The smallest absolute Gasteiger partial charge is 0.339 e. The van der Waals surface area contributed by atoms with E-state index in [1.54, 1.807) is 19.1 Å². The molecule has 0 aliphatic heterocycles. The summed E-state index contributed by atoms with van der Waals surface area (Å²) in [5.74, 6) is -0.339. The van der Waals surface area contributed by atoms with E-state index in [0.717, 1.165) is 5.56 Å². The standard InChI is InChI=1S/C15H16N2O4/c1-9-3-5-11(6-4-9)17-15(20)16-8-12-7-13(14(18)19)10(2)21-12/h3-7H,8H2,1-2H3,(H,18,19)(H2,16,17,20). The number of carbonyl (C=O) groups excluding carboxylic acids is 1. The van der Waals surface area contributed by atoms with Crippen LogP contribution in [-0.2, 0) is 6.54 Å². The first-order valence-electron chi connectivity index (χ1n) is 6.40. The Morgan fingerprint density at radius 2 is 1.86 bits per heavy atom. The quantitative estimate of drug-likeness (QED) is 0.806. The number of rotatable bonds is 4. The zero-order valence-corrected chi connectivity index (χ0v) is 11.8. The fourth-order valence-electron chi connectivity index (χ4n) is 1.82. The lowest BCUT2D eigenvalue weighted by Gasteiger charge is -2.06. The van der Waals surface area contributed by atoms with E-state index >= 15 is 0 Å². The number of carboxylic acids is 1. The van der Waals surface area contributed by atoms with E-state index in [4.69, 9.17) is 9.52 Å². The highest BCUT2D eigenvalue weighted by Crippen LogP contribution is 2.14. The Hall–Kier alpha value is -2.76. The van der Waals surface area contributed by atoms with Crippen molar-refractivity contribution in [2.75, 3.05) is 5.32 Å². The van der Waals surface area contributed by atoms with Crippen LogP contribution in [-0.4, -0.2) is 17.1 Å². The summed E-state index contributed by atoms with van der Waals surface area (Å²) in [6.45, 7) is 3.65. The van der Waals surface area contributed by atoms with Crippen molar-refractivity contribution in [2.24, 2.45) is 0 Å². The van der Waals surface area contributed by atoms with Crippen LogP contribution in [0.5, 0.6) is 0 Å². The van der Waals surface area contributed by atoms with Crippen LogP contribution in [0.1, 0.15) is 27.4 Å². The molecular weight excluding hydrogens is 272 g/mol. The molecule has 0 unspecified atom stereocenters. The van der Waals surface area contributed by atoms with E-state index in [9.17, 15) is 9.59 Å². The van der Waals surface area contributed by atoms with Gasteiger partial charge in [-0.1, -0.05) is 17.7 Å². The van der Waals surface area contributed by atoms with Crippen molar-refractivity contribution in [2.45, 2.75) is 20.4 Å². The number of aryl methyl sites for hydroxylation is 2. The molecule has 0 spiro atoms. The summed E-state index contributed by atoms with van der Waals surface area (Å²) < 4.78 is 5.27. The van der Waals surface area contributed by atoms with E-state index in [2.05, 4.69) is 10.6 Å². The molecule has 0 bridgehead atoms. The number of aromatic carboxylic acids is 1.